The lowest BCUT2D eigenvalue weighted by atomic mass is 10.1. The van der Waals surface area contributed by atoms with Gasteiger partial charge in [0.25, 0.3) is 5.91 Å². The van der Waals surface area contributed by atoms with E-state index in [-0.39, 0.29) is 12.8 Å². The molecule has 0 spiro atoms. The van der Waals surface area contributed by atoms with Crippen LogP contribution in [0, 0.1) is 0 Å². The molecule has 172 valence electrons. The van der Waals surface area contributed by atoms with Crippen molar-refractivity contribution >= 4 is 47.1 Å². The zero-order valence-corrected chi connectivity index (χ0v) is 19.2. The summed E-state index contributed by atoms with van der Waals surface area (Å²) in [5, 5.41) is 4.58. The third-order valence-electron chi connectivity index (χ3n) is 4.18. The zero-order chi connectivity index (χ0) is 22.7. The van der Waals surface area contributed by atoms with Crippen molar-refractivity contribution in [3.05, 3.63) is 0 Å². The van der Waals surface area contributed by atoms with E-state index in [1.54, 1.807) is 20.8 Å². The van der Waals surface area contributed by atoms with Gasteiger partial charge in [-0.25, -0.2) is 9.59 Å². The van der Waals surface area contributed by atoms with E-state index in [1.165, 1.54) is 0 Å². The van der Waals surface area contributed by atoms with Gasteiger partial charge in [-0.3, -0.25) is 14.9 Å². The summed E-state index contributed by atoms with van der Waals surface area (Å²) in [6.45, 7) is 7.28. The van der Waals surface area contributed by atoms with Gasteiger partial charge in [0.2, 0.25) is 5.91 Å². The molecule has 0 aliphatic carbocycles. The van der Waals surface area contributed by atoms with Gasteiger partial charge in [-0.05, 0) is 46.6 Å². The van der Waals surface area contributed by atoms with E-state index in [0.717, 1.165) is 13.0 Å². The third-order valence-corrected chi connectivity index (χ3v) is 4.52. The Labute approximate surface area is 187 Å². The number of halogens is 2. The standard InChI is InChI=1S/C19H31Cl2N3O6/c1-19(2,3)30-18(28)22-13(6-4-5-9-24(10-7-20)11-8-21)17(27)29-14-12-15(25)23-16(14)26/h13-14H,4-12H2,1-3H3,(H,22,28)(H,23,25,26)/t13-,14?/m0/s1. The smallest absolute Gasteiger partial charge is 0.408 e. The summed E-state index contributed by atoms with van der Waals surface area (Å²) in [5.41, 5.74) is -0.736. The molecule has 11 heteroatoms. The van der Waals surface area contributed by atoms with Crippen molar-refractivity contribution in [2.75, 3.05) is 31.4 Å². The molecule has 1 aliphatic heterocycles. The molecule has 3 amide bonds. The summed E-state index contributed by atoms with van der Waals surface area (Å²) in [6, 6.07) is -1.00. The Hall–Kier alpha value is -1.58. The van der Waals surface area contributed by atoms with Crippen LogP contribution in [0.3, 0.4) is 0 Å². The van der Waals surface area contributed by atoms with Crippen LogP contribution >= 0.6 is 23.2 Å². The lowest BCUT2D eigenvalue weighted by Crippen LogP contribution is -2.45. The van der Waals surface area contributed by atoms with Crippen molar-refractivity contribution in [2.24, 2.45) is 0 Å². The molecule has 1 heterocycles. The van der Waals surface area contributed by atoms with Gasteiger partial charge in [-0.2, -0.15) is 0 Å². The van der Waals surface area contributed by atoms with Crippen molar-refractivity contribution in [3.8, 4) is 0 Å². The zero-order valence-electron chi connectivity index (χ0n) is 17.7. The van der Waals surface area contributed by atoms with Gasteiger partial charge in [0.15, 0.2) is 6.10 Å². The average molecular weight is 468 g/mol. The van der Waals surface area contributed by atoms with Gasteiger partial charge in [0, 0.05) is 24.8 Å². The van der Waals surface area contributed by atoms with E-state index in [0.29, 0.717) is 31.3 Å². The van der Waals surface area contributed by atoms with Crippen molar-refractivity contribution < 1.29 is 28.7 Å². The number of hydrogen-bond acceptors (Lipinski definition) is 7. The molecule has 2 N–H and O–H groups in total. The molecule has 1 unspecified atom stereocenters. The number of hydrogen-bond donors (Lipinski definition) is 2. The maximum atomic E-state index is 12.6. The number of amides is 3. The Morgan fingerprint density at radius 3 is 2.30 bits per heavy atom. The van der Waals surface area contributed by atoms with Crippen molar-refractivity contribution in [1.29, 1.82) is 0 Å². The molecule has 30 heavy (non-hydrogen) atoms. The lowest BCUT2D eigenvalue weighted by Gasteiger charge is -2.24. The number of nitrogens with zero attached hydrogens (tertiary/aromatic N) is 1. The molecule has 0 aromatic carbocycles. The van der Waals surface area contributed by atoms with Gasteiger partial charge in [-0.15, -0.1) is 23.2 Å². The minimum atomic E-state index is -1.18. The first-order valence-electron chi connectivity index (χ1n) is 9.93. The van der Waals surface area contributed by atoms with Crippen LogP contribution in [0.15, 0.2) is 0 Å². The number of carbonyl (C=O) groups is 4. The highest BCUT2D eigenvalue weighted by Gasteiger charge is 2.36. The number of rotatable bonds is 12. The van der Waals surface area contributed by atoms with E-state index in [1.807, 2.05) is 0 Å². The Balaban J connectivity index is 2.65. The maximum absolute atomic E-state index is 12.6. The van der Waals surface area contributed by atoms with Gasteiger partial charge in [0.05, 0.1) is 6.42 Å². The van der Waals surface area contributed by atoms with Gasteiger partial charge >= 0.3 is 12.1 Å². The fourth-order valence-corrected chi connectivity index (χ4v) is 3.28. The summed E-state index contributed by atoms with van der Waals surface area (Å²) in [4.78, 5) is 49.8. The molecule has 0 bridgehead atoms. The van der Waals surface area contributed by atoms with E-state index in [2.05, 4.69) is 15.5 Å². The van der Waals surface area contributed by atoms with E-state index >= 15 is 0 Å². The van der Waals surface area contributed by atoms with E-state index < -0.39 is 41.6 Å². The largest absolute Gasteiger partial charge is 0.450 e. The molecule has 1 fully saturated rings. The summed E-state index contributed by atoms with van der Waals surface area (Å²) >= 11 is 11.6. The molecule has 0 saturated carbocycles. The second-order valence-electron chi connectivity index (χ2n) is 7.96. The Morgan fingerprint density at radius 2 is 1.80 bits per heavy atom. The second-order valence-corrected chi connectivity index (χ2v) is 8.71. The monoisotopic (exact) mass is 467 g/mol. The molecule has 9 nitrogen and oxygen atoms in total. The highest BCUT2D eigenvalue weighted by Crippen LogP contribution is 2.13. The number of alkyl carbamates (subject to hydrolysis) is 1. The molecule has 1 rings (SSSR count). The molecule has 0 aromatic rings. The number of nitrogens with one attached hydrogen (secondary N) is 2. The van der Waals surface area contributed by atoms with E-state index in [9.17, 15) is 19.2 Å². The van der Waals surface area contributed by atoms with Crippen LogP contribution in [0.1, 0.15) is 46.5 Å². The van der Waals surface area contributed by atoms with Crippen molar-refractivity contribution in [1.82, 2.24) is 15.5 Å². The number of esters is 1. The SMILES string of the molecule is CC(C)(C)OC(=O)N[C@@H](CCCCN(CCCl)CCCl)C(=O)OC1CC(=O)NC1=O. The number of unbranched alkanes of at least 4 members (excludes halogenated alkanes) is 1. The Kier molecular flexibility index (Phi) is 11.4. The molecule has 0 radical (unpaired) electrons. The molecular formula is C19H31Cl2N3O6. The summed E-state index contributed by atoms with van der Waals surface area (Å²) < 4.78 is 10.4. The second kappa shape index (κ2) is 13.0. The Morgan fingerprint density at radius 1 is 1.17 bits per heavy atom. The number of ether oxygens (including phenoxy) is 2. The number of alkyl halides is 2. The minimum absolute atomic E-state index is 0.227. The number of carbonyl (C=O) groups excluding carboxylic acids is 4. The van der Waals surface area contributed by atoms with Crippen molar-refractivity contribution in [2.45, 2.75) is 64.2 Å². The lowest BCUT2D eigenvalue weighted by molar-refractivity contribution is -0.156. The fraction of sp³-hybridized carbons (Fsp3) is 0.789. The summed E-state index contributed by atoms with van der Waals surface area (Å²) in [5.74, 6) is -0.966. The molecule has 1 saturated heterocycles. The predicted octanol–water partition coefficient (Wildman–Crippen LogP) is 1.79. The third kappa shape index (κ3) is 10.4. The van der Waals surface area contributed by atoms with Crippen LogP contribution in [-0.2, 0) is 23.9 Å². The fourth-order valence-electron chi connectivity index (χ4n) is 2.80. The predicted molar refractivity (Wildman–Crippen MR) is 113 cm³/mol. The average Bonchev–Trinajstić information content (AvgIpc) is 2.93. The van der Waals surface area contributed by atoms with Gasteiger partial charge in [-0.1, -0.05) is 0 Å². The van der Waals surface area contributed by atoms with Gasteiger partial charge < -0.3 is 19.7 Å². The first-order chi connectivity index (χ1) is 14.1. The minimum Gasteiger partial charge on any atom is -0.450 e. The quantitative estimate of drug-likeness (QED) is 0.194. The van der Waals surface area contributed by atoms with E-state index in [4.69, 9.17) is 32.7 Å². The first-order valence-corrected chi connectivity index (χ1v) is 11.0. The van der Waals surface area contributed by atoms with Crippen LogP contribution in [0.2, 0.25) is 0 Å². The van der Waals surface area contributed by atoms with Crippen LogP contribution in [0.5, 0.6) is 0 Å². The first kappa shape index (κ1) is 26.5. The molecule has 0 aromatic heterocycles. The number of imide groups is 1. The molecule has 2 atom stereocenters. The topological polar surface area (TPSA) is 114 Å². The Bertz CT molecular complexity index is 606. The highest BCUT2D eigenvalue weighted by atomic mass is 35.5. The van der Waals surface area contributed by atoms with Crippen LogP contribution < -0.4 is 10.6 Å². The van der Waals surface area contributed by atoms with Crippen LogP contribution in [0.25, 0.3) is 0 Å². The maximum Gasteiger partial charge on any atom is 0.408 e. The highest BCUT2D eigenvalue weighted by molar-refractivity contribution is 6.18. The summed E-state index contributed by atoms with van der Waals surface area (Å²) in [7, 11) is 0. The molecule has 1 aliphatic rings. The normalized spacial score (nSPS) is 17.6. The van der Waals surface area contributed by atoms with Crippen molar-refractivity contribution in [3.63, 3.8) is 0 Å². The summed E-state index contributed by atoms with van der Waals surface area (Å²) in [6.07, 6.45) is -0.536. The van der Waals surface area contributed by atoms with Crippen LogP contribution in [0.4, 0.5) is 4.79 Å². The molecular weight excluding hydrogens is 437 g/mol. The van der Waals surface area contributed by atoms with Gasteiger partial charge in [0.1, 0.15) is 11.6 Å². The van der Waals surface area contributed by atoms with Crippen LogP contribution in [-0.4, -0.2) is 77.9 Å².